The molecule has 0 spiro atoms. The average molecular weight is 229 g/mol. The van der Waals surface area contributed by atoms with Crippen LogP contribution >= 0.6 is 0 Å². The van der Waals surface area contributed by atoms with Gasteiger partial charge in [0.2, 0.25) is 5.91 Å². The van der Waals surface area contributed by atoms with Gasteiger partial charge in [-0.15, -0.1) is 0 Å². The van der Waals surface area contributed by atoms with Crippen LogP contribution in [0.4, 0.5) is 0 Å². The number of rotatable bonds is 4. The molecule has 4 nitrogen and oxygen atoms in total. The van der Waals surface area contributed by atoms with Crippen LogP contribution in [0.25, 0.3) is 0 Å². The predicted molar refractivity (Wildman–Crippen MR) is 65.2 cm³/mol. The first-order valence-electron chi connectivity index (χ1n) is 5.56. The van der Waals surface area contributed by atoms with Gasteiger partial charge in [-0.25, -0.2) is 4.98 Å². The maximum atomic E-state index is 11.9. The molecule has 0 aliphatic rings. The second kappa shape index (κ2) is 5.30. The number of nitrogens with zero attached hydrogens (tertiary/aromatic N) is 2. The number of nitrogens with one attached hydrogen (secondary N) is 1. The third-order valence-corrected chi connectivity index (χ3v) is 2.66. The smallest absolute Gasteiger partial charge is 0.243 e. The third-order valence-electron chi connectivity index (χ3n) is 2.66. The molecule has 0 bridgehead atoms. The van der Waals surface area contributed by atoms with E-state index in [-0.39, 0.29) is 11.9 Å². The molecule has 2 rings (SSSR count). The van der Waals surface area contributed by atoms with E-state index in [9.17, 15) is 4.79 Å². The molecule has 0 saturated carbocycles. The fourth-order valence-electron chi connectivity index (χ4n) is 1.57. The molecule has 0 radical (unpaired) electrons. The summed E-state index contributed by atoms with van der Waals surface area (Å²) in [6.45, 7) is 2.40. The van der Waals surface area contributed by atoms with Crippen molar-refractivity contribution in [1.82, 2.24) is 14.9 Å². The van der Waals surface area contributed by atoms with Crippen LogP contribution in [0.15, 0.2) is 49.1 Å². The molecular weight excluding hydrogens is 214 g/mol. The van der Waals surface area contributed by atoms with Gasteiger partial charge in [-0.1, -0.05) is 30.3 Å². The monoisotopic (exact) mass is 229 g/mol. The van der Waals surface area contributed by atoms with Gasteiger partial charge in [0, 0.05) is 18.9 Å². The van der Waals surface area contributed by atoms with E-state index in [0.717, 1.165) is 5.56 Å². The molecule has 1 N–H and O–H groups in total. The van der Waals surface area contributed by atoms with Crippen LogP contribution in [0.2, 0.25) is 0 Å². The summed E-state index contributed by atoms with van der Waals surface area (Å²) in [5.41, 5.74) is 1.10. The summed E-state index contributed by atoms with van der Waals surface area (Å²) in [5, 5.41) is 2.90. The van der Waals surface area contributed by atoms with Crippen molar-refractivity contribution >= 4 is 5.91 Å². The zero-order valence-electron chi connectivity index (χ0n) is 9.71. The fourth-order valence-corrected chi connectivity index (χ4v) is 1.57. The summed E-state index contributed by atoms with van der Waals surface area (Å²) in [5.74, 6) is -0.00754. The van der Waals surface area contributed by atoms with Gasteiger partial charge in [0.1, 0.15) is 6.04 Å². The fraction of sp³-hybridized carbons (Fsp3) is 0.231. The van der Waals surface area contributed by atoms with E-state index in [1.165, 1.54) is 0 Å². The SMILES string of the molecule is CC(C(=O)NCc1ccccc1)n1ccnc1. The number of carbonyl (C=O) groups excluding carboxylic acids is 1. The van der Waals surface area contributed by atoms with Gasteiger partial charge >= 0.3 is 0 Å². The molecule has 1 atom stereocenters. The van der Waals surface area contributed by atoms with Crippen molar-refractivity contribution in [3.05, 3.63) is 54.6 Å². The van der Waals surface area contributed by atoms with Gasteiger partial charge in [-0.3, -0.25) is 4.79 Å². The lowest BCUT2D eigenvalue weighted by atomic mass is 10.2. The highest BCUT2D eigenvalue weighted by Crippen LogP contribution is 2.05. The number of imidazole rings is 1. The summed E-state index contributed by atoms with van der Waals surface area (Å²) < 4.78 is 1.78. The van der Waals surface area contributed by atoms with Crippen molar-refractivity contribution in [3.63, 3.8) is 0 Å². The van der Waals surface area contributed by atoms with Crippen molar-refractivity contribution in [2.75, 3.05) is 0 Å². The maximum Gasteiger partial charge on any atom is 0.243 e. The van der Waals surface area contributed by atoms with E-state index in [1.807, 2.05) is 37.3 Å². The van der Waals surface area contributed by atoms with Gasteiger partial charge < -0.3 is 9.88 Å². The third kappa shape index (κ3) is 2.93. The summed E-state index contributed by atoms with van der Waals surface area (Å²) in [7, 11) is 0. The Labute approximate surface area is 100 Å². The maximum absolute atomic E-state index is 11.9. The highest BCUT2D eigenvalue weighted by Gasteiger charge is 2.13. The molecule has 1 amide bonds. The lowest BCUT2D eigenvalue weighted by Gasteiger charge is -2.13. The molecule has 4 heteroatoms. The Balaban J connectivity index is 1.90. The predicted octanol–water partition coefficient (Wildman–Crippen LogP) is 1.76. The van der Waals surface area contributed by atoms with Crippen LogP contribution in [0, 0.1) is 0 Å². The Morgan fingerprint density at radius 3 is 2.82 bits per heavy atom. The largest absolute Gasteiger partial charge is 0.350 e. The van der Waals surface area contributed by atoms with E-state index in [4.69, 9.17) is 0 Å². The van der Waals surface area contributed by atoms with E-state index >= 15 is 0 Å². The summed E-state index contributed by atoms with van der Waals surface area (Å²) >= 11 is 0. The van der Waals surface area contributed by atoms with Crippen LogP contribution in [0.3, 0.4) is 0 Å². The second-order valence-electron chi connectivity index (χ2n) is 3.89. The second-order valence-corrected chi connectivity index (χ2v) is 3.89. The summed E-state index contributed by atoms with van der Waals surface area (Å²) in [6.07, 6.45) is 5.10. The number of amides is 1. The van der Waals surface area contributed by atoms with Crippen molar-refractivity contribution in [3.8, 4) is 0 Å². The number of benzene rings is 1. The quantitative estimate of drug-likeness (QED) is 0.868. The molecule has 17 heavy (non-hydrogen) atoms. The molecule has 2 aromatic rings. The summed E-state index contributed by atoms with van der Waals surface area (Å²) in [6, 6.07) is 9.62. The molecule has 1 heterocycles. The Morgan fingerprint density at radius 2 is 2.18 bits per heavy atom. The Kier molecular flexibility index (Phi) is 3.55. The number of hydrogen-bond donors (Lipinski definition) is 1. The molecule has 1 aromatic heterocycles. The van der Waals surface area contributed by atoms with Crippen LogP contribution in [0.5, 0.6) is 0 Å². The van der Waals surface area contributed by atoms with Crippen molar-refractivity contribution in [2.24, 2.45) is 0 Å². The van der Waals surface area contributed by atoms with Gasteiger partial charge in [0.25, 0.3) is 0 Å². The molecule has 1 unspecified atom stereocenters. The van der Waals surface area contributed by atoms with Crippen LogP contribution in [0.1, 0.15) is 18.5 Å². The zero-order valence-corrected chi connectivity index (χ0v) is 9.71. The van der Waals surface area contributed by atoms with Gasteiger partial charge in [0.15, 0.2) is 0 Å². The first-order chi connectivity index (χ1) is 8.27. The van der Waals surface area contributed by atoms with Crippen LogP contribution < -0.4 is 5.32 Å². The van der Waals surface area contributed by atoms with E-state index in [1.54, 1.807) is 23.3 Å². The molecular formula is C13H15N3O. The normalized spacial score (nSPS) is 12.1. The minimum absolute atomic E-state index is 0.00754. The van der Waals surface area contributed by atoms with Crippen LogP contribution in [-0.4, -0.2) is 15.5 Å². The molecule has 88 valence electrons. The number of hydrogen-bond acceptors (Lipinski definition) is 2. The number of aromatic nitrogens is 2. The average Bonchev–Trinajstić information content (AvgIpc) is 2.90. The highest BCUT2D eigenvalue weighted by atomic mass is 16.2. The first-order valence-corrected chi connectivity index (χ1v) is 5.56. The van der Waals surface area contributed by atoms with E-state index in [0.29, 0.717) is 6.54 Å². The van der Waals surface area contributed by atoms with E-state index < -0.39 is 0 Å². The Bertz CT molecular complexity index is 465. The lowest BCUT2D eigenvalue weighted by molar-refractivity contribution is -0.124. The van der Waals surface area contributed by atoms with Gasteiger partial charge in [-0.2, -0.15) is 0 Å². The molecule has 0 saturated heterocycles. The van der Waals surface area contributed by atoms with Crippen molar-refractivity contribution in [1.29, 1.82) is 0 Å². The van der Waals surface area contributed by atoms with Crippen molar-refractivity contribution < 1.29 is 4.79 Å². The minimum Gasteiger partial charge on any atom is -0.350 e. The minimum atomic E-state index is -0.235. The van der Waals surface area contributed by atoms with Gasteiger partial charge in [0.05, 0.1) is 6.33 Å². The Hall–Kier alpha value is -2.10. The van der Waals surface area contributed by atoms with Crippen molar-refractivity contribution in [2.45, 2.75) is 19.5 Å². The van der Waals surface area contributed by atoms with E-state index in [2.05, 4.69) is 10.3 Å². The molecule has 0 fully saturated rings. The Morgan fingerprint density at radius 1 is 1.41 bits per heavy atom. The molecule has 0 aliphatic carbocycles. The molecule has 0 aliphatic heterocycles. The van der Waals surface area contributed by atoms with Gasteiger partial charge in [-0.05, 0) is 12.5 Å². The topological polar surface area (TPSA) is 46.9 Å². The highest BCUT2D eigenvalue weighted by molar-refractivity contribution is 5.79. The summed E-state index contributed by atoms with van der Waals surface area (Å²) in [4.78, 5) is 15.8. The lowest BCUT2D eigenvalue weighted by Crippen LogP contribution is -2.30. The zero-order chi connectivity index (χ0) is 12.1. The van der Waals surface area contributed by atoms with Crippen LogP contribution in [-0.2, 0) is 11.3 Å². The standard InChI is InChI=1S/C13H15N3O/c1-11(16-8-7-14-10-16)13(17)15-9-12-5-3-2-4-6-12/h2-8,10-11H,9H2,1H3,(H,15,17). The number of carbonyl (C=O) groups is 1. The first kappa shape index (κ1) is 11.4. The molecule has 1 aromatic carbocycles.